The van der Waals surface area contributed by atoms with Gasteiger partial charge in [0.25, 0.3) is 0 Å². The maximum Gasteiger partial charge on any atom is 0.233 e. The summed E-state index contributed by atoms with van der Waals surface area (Å²) in [7, 11) is -0.750. The number of aliphatic hydroxyl groups excluding tert-OH is 1. The van der Waals surface area contributed by atoms with E-state index >= 15 is 0 Å². The summed E-state index contributed by atoms with van der Waals surface area (Å²) in [5, 5.41) is 9.13. The molecule has 0 fully saturated rings. The number of rotatable bonds is 9. The van der Waals surface area contributed by atoms with Crippen LogP contribution in [0, 0.1) is 0 Å². The van der Waals surface area contributed by atoms with E-state index in [9.17, 15) is 13.5 Å². The molecule has 0 radical (unpaired) electrons. The number of benzene rings is 1. The molecule has 0 amide bonds. The van der Waals surface area contributed by atoms with Crippen molar-refractivity contribution in [2.75, 3.05) is 33.3 Å². The van der Waals surface area contributed by atoms with Gasteiger partial charge in [0.2, 0.25) is 15.7 Å². The van der Waals surface area contributed by atoms with Crippen LogP contribution in [0.4, 0.5) is 0 Å². The van der Waals surface area contributed by atoms with Crippen LogP contribution in [0.25, 0.3) is 11.3 Å². The Balaban J connectivity index is 1.56. The molecular weight excluding hydrogens is 450 g/mol. The van der Waals surface area contributed by atoms with Gasteiger partial charge >= 0.3 is 0 Å². The van der Waals surface area contributed by atoms with Crippen LogP contribution < -0.4 is 9.47 Å². The molecule has 3 heterocycles. The summed E-state index contributed by atoms with van der Waals surface area (Å²) < 4.78 is 45.7. The van der Waals surface area contributed by atoms with E-state index in [2.05, 4.69) is 15.0 Å². The van der Waals surface area contributed by atoms with Crippen LogP contribution in [-0.2, 0) is 19.3 Å². The molecule has 0 saturated heterocycles. The number of aromatic amines is 1. The number of aliphatic hydroxyl groups is 1. The average Bonchev–Trinajstić information content (AvgIpc) is 3.49. The Kier molecular flexibility index (Phi) is 6.63. The van der Waals surface area contributed by atoms with Gasteiger partial charge < -0.3 is 29.0 Å². The highest BCUT2D eigenvalue weighted by Crippen LogP contribution is 2.32. The molecule has 0 bridgehead atoms. The first kappa shape index (κ1) is 22.8. The van der Waals surface area contributed by atoms with Crippen molar-refractivity contribution in [3.63, 3.8) is 0 Å². The molecule has 1 aromatic carbocycles. The third-order valence-electron chi connectivity index (χ3n) is 4.80. The maximum absolute atomic E-state index is 12.0. The second-order valence-electron chi connectivity index (χ2n) is 7.21. The van der Waals surface area contributed by atoms with Gasteiger partial charge in [-0.25, -0.2) is 18.4 Å². The van der Waals surface area contributed by atoms with Crippen LogP contribution >= 0.6 is 0 Å². The van der Waals surface area contributed by atoms with Crippen LogP contribution in [0.15, 0.2) is 58.7 Å². The van der Waals surface area contributed by atoms with Gasteiger partial charge in [0, 0.05) is 24.4 Å². The second kappa shape index (κ2) is 9.61. The largest absolute Gasteiger partial charge is 0.497 e. The summed E-state index contributed by atoms with van der Waals surface area (Å²) in [6, 6.07) is 12.0. The standard InChI is InChI=1S/C22H23N3O7S/c1-29-13-33(27,28)21-6-3-15(10-23-21)31-17-8-14(7-16(9-17)30-2)19-4-5-20(25-19)22-24-11-18(12-26)32-22/h3-10,18,25-26H,11-13H2,1-2H3/t18-/m1/s1. The molecule has 3 aromatic rings. The first-order chi connectivity index (χ1) is 15.9. The van der Waals surface area contributed by atoms with E-state index in [0.29, 0.717) is 35.4 Å². The maximum atomic E-state index is 12.0. The van der Waals surface area contributed by atoms with Crippen LogP contribution in [0.1, 0.15) is 5.69 Å². The van der Waals surface area contributed by atoms with Crippen molar-refractivity contribution in [2.24, 2.45) is 4.99 Å². The molecule has 1 atom stereocenters. The molecule has 1 aliphatic heterocycles. The van der Waals surface area contributed by atoms with Crippen molar-refractivity contribution < 1.29 is 32.5 Å². The quantitative estimate of drug-likeness (QED) is 0.484. The highest BCUT2D eigenvalue weighted by atomic mass is 32.2. The molecule has 1 aliphatic rings. The normalized spacial score (nSPS) is 15.7. The van der Waals surface area contributed by atoms with Gasteiger partial charge in [-0.05, 0) is 36.4 Å². The van der Waals surface area contributed by atoms with Gasteiger partial charge in [-0.2, -0.15) is 0 Å². The van der Waals surface area contributed by atoms with E-state index in [1.165, 1.54) is 25.4 Å². The van der Waals surface area contributed by atoms with Crippen LogP contribution in [0.2, 0.25) is 0 Å². The summed E-state index contributed by atoms with van der Waals surface area (Å²) in [6.45, 7) is 0.322. The Morgan fingerprint density at radius 1 is 1.09 bits per heavy atom. The van der Waals surface area contributed by atoms with Crippen molar-refractivity contribution in [1.29, 1.82) is 0 Å². The highest BCUT2D eigenvalue weighted by molar-refractivity contribution is 7.91. The molecular formula is C22H23N3O7S. The fourth-order valence-electron chi connectivity index (χ4n) is 3.22. The second-order valence-corrected chi connectivity index (χ2v) is 9.09. The van der Waals surface area contributed by atoms with E-state index in [-0.39, 0.29) is 17.7 Å². The minimum atomic E-state index is -3.61. The number of sulfone groups is 1. The van der Waals surface area contributed by atoms with Gasteiger partial charge in [0.05, 0.1) is 26.5 Å². The minimum absolute atomic E-state index is 0.0920. The van der Waals surface area contributed by atoms with Crippen molar-refractivity contribution in [3.8, 4) is 28.5 Å². The molecule has 2 N–H and O–H groups in total. The number of hydrogen-bond acceptors (Lipinski definition) is 9. The molecule has 33 heavy (non-hydrogen) atoms. The lowest BCUT2D eigenvalue weighted by Gasteiger charge is -2.11. The van der Waals surface area contributed by atoms with Crippen molar-refractivity contribution in [3.05, 3.63) is 54.4 Å². The number of aliphatic imine (C=N–C) groups is 1. The lowest BCUT2D eigenvalue weighted by Crippen LogP contribution is -2.17. The van der Waals surface area contributed by atoms with Gasteiger partial charge in [-0.1, -0.05) is 0 Å². The fraction of sp³-hybridized carbons (Fsp3) is 0.273. The average molecular weight is 474 g/mol. The van der Waals surface area contributed by atoms with E-state index in [1.807, 2.05) is 24.3 Å². The summed E-state index contributed by atoms with van der Waals surface area (Å²) in [5.74, 6) is 1.41. The van der Waals surface area contributed by atoms with Crippen molar-refractivity contribution in [2.45, 2.75) is 11.1 Å². The number of nitrogens with zero attached hydrogens (tertiary/aromatic N) is 2. The van der Waals surface area contributed by atoms with Crippen LogP contribution in [0.5, 0.6) is 17.2 Å². The molecule has 0 unspecified atom stereocenters. The van der Waals surface area contributed by atoms with E-state index in [4.69, 9.17) is 18.9 Å². The van der Waals surface area contributed by atoms with E-state index in [1.54, 1.807) is 13.2 Å². The van der Waals surface area contributed by atoms with Gasteiger partial charge in [0.15, 0.2) is 11.0 Å². The van der Waals surface area contributed by atoms with Crippen molar-refractivity contribution >= 4 is 15.7 Å². The number of pyridine rings is 1. The molecule has 174 valence electrons. The van der Waals surface area contributed by atoms with Gasteiger partial charge in [0.1, 0.15) is 29.0 Å². The Morgan fingerprint density at radius 2 is 1.88 bits per heavy atom. The molecule has 4 rings (SSSR count). The molecule has 11 heteroatoms. The zero-order valence-electron chi connectivity index (χ0n) is 18.0. The first-order valence-corrected chi connectivity index (χ1v) is 11.6. The number of hydrogen-bond donors (Lipinski definition) is 2. The fourth-order valence-corrected chi connectivity index (χ4v) is 4.14. The number of nitrogens with one attached hydrogen (secondary N) is 1. The highest BCUT2D eigenvalue weighted by Gasteiger charge is 2.21. The number of aromatic nitrogens is 2. The zero-order valence-corrected chi connectivity index (χ0v) is 18.8. The minimum Gasteiger partial charge on any atom is -0.497 e. The summed E-state index contributed by atoms with van der Waals surface area (Å²) >= 11 is 0. The lowest BCUT2D eigenvalue weighted by atomic mass is 10.1. The monoisotopic (exact) mass is 473 g/mol. The van der Waals surface area contributed by atoms with Gasteiger partial charge in [-0.3, -0.25) is 0 Å². The van der Waals surface area contributed by atoms with Crippen LogP contribution in [0.3, 0.4) is 0 Å². The Bertz CT molecular complexity index is 1250. The Morgan fingerprint density at radius 3 is 2.55 bits per heavy atom. The van der Waals surface area contributed by atoms with E-state index < -0.39 is 15.8 Å². The first-order valence-electron chi connectivity index (χ1n) is 9.98. The van der Waals surface area contributed by atoms with E-state index in [0.717, 1.165) is 11.3 Å². The summed E-state index contributed by atoms with van der Waals surface area (Å²) in [4.78, 5) is 11.5. The third kappa shape index (κ3) is 5.16. The van der Waals surface area contributed by atoms with Crippen molar-refractivity contribution in [1.82, 2.24) is 9.97 Å². The number of methoxy groups -OCH3 is 2. The third-order valence-corrected chi connectivity index (χ3v) is 6.22. The lowest BCUT2D eigenvalue weighted by molar-refractivity contribution is 0.130. The smallest absolute Gasteiger partial charge is 0.233 e. The topological polar surface area (TPSA) is 132 Å². The number of ether oxygens (including phenoxy) is 4. The predicted octanol–water partition coefficient (Wildman–Crippen LogP) is 2.39. The molecule has 0 spiro atoms. The van der Waals surface area contributed by atoms with Crippen LogP contribution in [-0.4, -0.2) is 68.8 Å². The Labute approximate surface area is 190 Å². The SMILES string of the molecule is COCS(=O)(=O)c1ccc(Oc2cc(OC)cc(-c3ccc(C4=NC[C@H](CO)O4)[nH]3)c2)cn1. The molecule has 0 aliphatic carbocycles. The molecule has 0 saturated carbocycles. The summed E-state index contributed by atoms with van der Waals surface area (Å²) in [5.41, 5.74) is 2.27. The number of H-pyrrole nitrogens is 1. The Hall–Kier alpha value is -3.41. The van der Waals surface area contributed by atoms with Gasteiger partial charge in [-0.15, -0.1) is 0 Å². The summed E-state index contributed by atoms with van der Waals surface area (Å²) in [6.07, 6.45) is 1.01. The predicted molar refractivity (Wildman–Crippen MR) is 120 cm³/mol. The molecule has 2 aromatic heterocycles. The zero-order chi connectivity index (χ0) is 23.4. The molecule has 10 nitrogen and oxygen atoms in total.